The number of hydrogen-bond donors (Lipinski definition) is 3. The molecule has 1 unspecified atom stereocenters. The van der Waals surface area contributed by atoms with E-state index < -0.39 is 46.5 Å². The molecule has 188 valence electrons. The Morgan fingerprint density at radius 2 is 1.79 bits per heavy atom. The molecule has 2 aliphatic carbocycles. The molecule has 3 amide bonds. The number of ether oxygens (including phenoxy) is 1. The number of ketones is 1. The van der Waals surface area contributed by atoms with E-state index >= 15 is 4.39 Å². The summed E-state index contributed by atoms with van der Waals surface area (Å²) in [5, 5.41) is 11.6. The number of alkyl halides is 1. The molecule has 2 fully saturated rings. The summed E-state index contributed by atoms with van der Waals surface area (Å²) in [6.45, 7) is 5.03. The molecule has 1 heterocycles. The van der Waals surface area contributed by atoms with Gasteiger partial charge in [0, 0.05) is 25.7 Å². The molecule has 3 rings (SSSR count). The third kappa shape index (κ3) is 6.32. The molecule has 0 radical (unpaired) electrons. The Morgan fingerprint density at radius 1 is 1.15 bits per heavy atom. The molecule has 3 N–H and O–H groups in total. The lowest BCUT2D eigenvalue weighted by atomic mass is 9.73. The van der Waals surface area contributed by atoms with Gasteiger partial charge >= 0.3 is 6.09 Å². The summed E-state index contributed by atoms with van der Waals surface area (Å²) in [5.74, 6) is -2.20. The van der Waals surface area contributed by atoms with Gasteiger partial charge in [-0.15, -0.1) is 0 Å². The number of aryl methyl sites for hydroxylation is 1. The van der Waals surface area contributed by atoms with Crippen LogP contribution in [0.3, 0.4) is 0 Å². The maximum absolute atomic E-state index is 15.3. The van der Waals surface area contributed by atoms with Crippen LogP contribution < -0.4 is 16.0 Å². The van der Waals surface area contributed by atoms with Gasteiger partial charge in [0.15, 0.2) is 5.82 Å². The Kier molecular flexibility index (Phi) is 7.32. The molecule has 0 saturated heterocycles. The Morgan fingerprint density at radius 3 is 2.29 bits per heavy atom. The van der Waals surface area contributed by atoms with E-state index in [1.807, 2.05) is 0 Å². The molecule has 34 heavy (non-hydrogen) atoms. The molecule has 0 spiro atoms. The molecular formula is C23H34FN5O5. The second-order valence-corrected chi connectivity index (χ2v) is 10.3. The van der Waals surface area contributed by atoms with Gasteiger partial charge in [-0.05, 0) is 52.9 Å². The quantitative estimate of drug-likeness (QED) is 0.491. The highest BCUT2D eigenvalue weighted by molar-refractivity contribution is 6.44. The number of carbonyl (C=O) groups is 4. The Labute approximate surface area is 198 Å². The highest BCUT2D eigenvalue weighted by Gasteiger charge is 2.50. The zero-order valence-corrected chi connectivity index (χ0v) is 20.2. The van der Waals surface area contributed by atoms with Crippen molar-refractivity contribution in [2.24, 2.45) is 7.05 Å². The summed E-state index contributed by atoms with van der Waals surface area (Å²) in [6, 6.07) is 0.294. The summed E-state index contributed by atoms with van der Waals surface area (Å²) in [5.41, 5.74) is -3.80. The minimum absolute atomic E-state index is 0.215. The molecule has 2 saturated carbocycles. The van der Waals surface area contributed by atoms with Crippen LogP contribution in [0.5, 0.6) is 0 Å². The van der Waals surface area contributed by atoms with Crippen molar-refractivity contribution in [1.29, 1.82) is 0 Å². The summed E-state index contributed by atoms with van der Waals surface area (Å²) in [6.07, 6.45) is 3.70. The lowest BCUT2D eigenvalue weighted by Crippen LogP contribution is -2.65. The first kappa shape index (κ1) is 25.6. The van der Waals surface area contributed by atoms with Crippen LogP contribution in [0.1, 0.15) is 72.1 Å². The van der Waals surface area contributed by atoms with Crippen molar-refractivity contribution in [3.63, 3.8) is 0 Å². The topological polar surface area (TPSA) is 131 Å². The van der Waals surface area contributed by atoms with Crippen LogP contribution in [0, 0.1) is 0 Å². The number of nitrogens with one attached hydrogen (secondary N) is 3. The van der Waals surface area contributed by atoms with E-state index in [0.717, 1.165) is 0 Å². The number of alkyl carbamates (subject to hydrolysis) is 1. The van der Waals surface area contributed by atoms with Crippen LogP contribution in [0.25, 0.3) is 0 Å². The fourth-order valence-electron chi connectivity index (χ4n) is 4.37. The van der Waals surface area contributed by atoms with Crippen molar-refractivity contribution in [2.75, 3.05) is 5.32 Å². The minimum Gasteiger partial charge on any atom is -0.444 e. The minimum atomic E-state index is -1.59. The van der Waals surface area contributed by atoms with Crippen LogP contribution in [-0.4, -0.2) is 56.3 Å². The van der Waals surface area contributed by atoms with E-state index in [1.54, 1.807) is 40.1 Å². The van der Waals surface area contributed by atoms with Crippen molar-refractivity contribution in [2.45, 2.75) is 95.0 Å². The lowest BCUT2D eigenvalue weighted by molar-refractivity contribution is -0.144. The molecule has 0 bridgehead atoms. The van der Waals surface area contributed by atoms with Gasteiger partial charge < -0.3 is 20.7 Å². The molecule has 11 heteroatoms. The zero-order valence-electron chi connectivity index (χ0n) is 20.2. The smallest absolute Gasteiger partial charge is 0.408 e. The van der Waals surface area contributed by atoms with E-state index in [0.29, 0.717) is 32.1 Å². The number of carbonyl (C=O) groups excluding carboxylic acids is 4. The monoisotopic (exact) mass is 479 g/mol. The van der Waals surface area contributed by atoms with Crippen molar-refractivity contribution in [1.82, 2.24) is 20.4 Å². The van der Waals surface area contributed by atoms with Crippen LogP contribution >= 0.6 is 0 Å². The molecule has 10 nitrogen and oxygen atoms in total. The van der Waals surface area contributed by atoms with Crippen LogP contribution in [0.2, 0.25) is 0 Å². The van der Waals surface area contributed by atoms with Gasteiger partial charge in [0.25, 0.3) is 5.91 Å². The molecular weight excluding hydrogens is 445 g/mol. The van der Waals surface area contributed by atoms with E-state index in [-0.39, 0.29) is 25.1 Å². The standard InChI is InChI=1S/C23H34FN5O5/c1-21(2,3)34-20(33)25-15(14-22(24)9-5-6-10-22)18(31)27-23(11-7-12-23)17(30)19(32)26-16-8-13-29(4)28-16/h8,13,15H,5-7,9-12,14H2,1-4H3,(H,25,33)(H,27,31)(H,26,28,32). The second kappa shape index (κ2) is 9.71. The number of rotatable bonds is 8. The average Bonchev–Trinajstić information content (AvgIpc) is 3.30. The zero-order chi connectivity index (χ0) is 25.1. The van der Waals surface area contributed by atoms with Gasteiger partial charge in [0.2, 0.25) is 11.7 Å². The fourth-order valence-corrected chi connectivity index (χ4v) is 4.37. The molecule has 1 atom stereocenters. The number of nitrogens with zero attached hydrogens (tertiary/aromatic N) is 2. The average molecular weight is 480 g/mol. The third-order valence-corrected chi connectivity index (χ3v) is 6.24. The summed E-state index contributed by atoms with van der Waals surface area (Å²) < 4.78 is 22.0. The van der Waals surface area contributed by atoms with Crippen molar-refractivity contribution >= 4 is 29.5 Å². The summed E-state index contributed by atoms with van der Waals surface area (Å²) in [4.78, 5) is 51.1. The number of anilines is 1. The maximum Gasteiger partial charge on any atom is 0.408 e. The maximum atomic E-state index is 15.3. The Balaban J connectivity index is 1.72. The van der Waals surface area contributed by atoms with Gasteiger partial charge in [0.1, 0.15) is 22.9 Å². The SMILES string of the molecule is Cn1ccc(NC(=O)C(=O)C2(NC(=O)C(CC3(F)CCCC3)NC(=O)OC(C)(C)C)CCC2)n1. The summed E-state index contributed by atoms with van der Waals surface area (Å²) in [7, 11) is 1.67. The number of hydrogen-bond acceptors (Lipinski definition) is 6. The van der Waals surface area contributed by atoms with Gasteiger partial charge in [-0.2, -0.15) is 5.10 Å². The summed E-state index contributed by atoms with van der Waals surface area (Å²) >= 11 is 0. The van der Waals surface area contributed by atoms with E-state index in [4.69, 9.17) is 4.74 Å². The fraction of sp³-hybridized carbons (Fsp3) is 0.696. The highest BCUT2D eigenvalue weighted by atomic mass is 19.1. The number of amides is 3. The van der Waals surface area contributed by atoms with Gasteiger partial charge in [0.05, 0.1) is 0 Å². The first-order valence-corrected chi connectivity index (χ1v) is 11.7. The van der Waals surface area contributed by atoms with Crippen molar-refractivity contribution < 1.29 is 28.3 Å². The van der Waals surface area contributed by atoms with Gasteiger partial charge in [-0.3, -0.25) is 19.1 Å². The predicted molar refractivity (Wildman–Crippen MR) is 122 cm³/mol. The molecule has 1 aromatic rings. The van der Waals surface area contributed by atoms with E-state index in [9.17, 15) is 19.2 Å². The number of halogens is 1. The normalized spacial score (nSPS) is 19.4. The largest absolute Gasteiger partial charge is 0.444 e. The van der Waals surface area contributed by atoms with Crippen molar-refractivity contribution in [3.8, 4) is 0 Å². The second-order valence-electron chi connectivity index (χ2n) is 10.3. The predicted octanol–water partition coefficient (Wildman–Crippen LogP) is 2.53. The van der Waals surface area contributed by atoms with Crippen LogP contribution in [-0.2, 0) is 26.2 Å². The molecule has 0 aromatic carbocycles. The lowest BCUT2D eigenvalue weighted by Gasteiger charge is -2.41. The van der Waals surface area contributed by atoms with Crippen molar-refractivity contribution in [3.05, 3.63) is 12.3 Å². The first-order valence-electron chi connectivity index (χ1n) is 11.7. The highest BCUT2D eigenvalue weighted by Crippen LogP contribution is 2.38. The van der Waals surface area contributed by atoms with Gasteiger partial charge in [-0.1, -0.05) is 12.8 Å². The van der Waals surface area contributed by atoms with Crippen LogP contribution in [0.15, 0.2) is 12.3 Å². The number of Topliss-reactive ketones (excluding diaryl/α,β-unsaturated/α-hetero) is 1. The van der Waals surface area contributed by atoms with E-state index in [1.165, 1.54) is 4.68 Å². The Hall–Kier alpha value is -2.98. The number of aromatic nitrogens is 2. The molecule has 0 aliphatic heterocycles. The van der Waals surface area contributed by atoms with Gasteiger partial charge in [-0.25, -0.2) is 9.18 Å². The third-order valence-electron chi connectivity index (χ3n) is 6.24. The Bertz CT molecular complexity index is 944. The first-order chi connectivity index (χ1) is 15.8. The van der Waals surface area contributed by atoms with Crippen LogP contribution in [0.4, 0.5) is 15.0 Å². The van der Waals surface area contributed by atoms with E-state index in [2.05, 4.69) is 21.0 Å². The molecule has 2 aliphatic rings. The molecule has 1 aromatic heterocycles.